The van der Waals surface area contributed by atoms with Crippen LogP contribution in [0.15, 0.2) is 4.99 Å². The van der Waals surface area contributed by atoms with Crippen LogP contribution in [0.4, 0.5) is 0 Å². The number of ether oxygens (including phenoxy) is 1. The third-order valence-electron chi connectivity index (χ3n) is 5.86. The summed E-state index contributed by atoms with van der Waals surface area (Å²) in [5, 5.41) is 14.1. The molecule has 0 radical (unpaired) electrons. The molecule has 0 bridgehead atoms. The SMILES string of the molecule is CN=C(NCC1(O)CCCCC1)N1CCC2(CCOCC2)C1. The van der Waals surface area contributed by atoms with E-state index in [-0.39, 0.29) is 0 Å². The van der Waals surface area contributed by atoms with Crippen LogP contribution in [0.1, 0.15) is 51.4 Å². The van der Waals surface area contributed by atoms with Gasteiger partial charge in [0.15, 0.2) is 5.96 Å². The molecular weight excluding hydrogens is 278 g/mol. The molecule has 0 unspecified atom stereocenters. The van der Waals surface area contributed by atoms with Crippen LogP contribution >= 0.6 is 0 Å². The highest BCUT2D eigenvalue weighted by Crippen LogP contribution is 2.39. The molecule has 3 rings (SSSR count). The first kappa shape index (κ1) is 16.1. The van der Waals surface area contributed by atoms with Crippen molar-refractivity contribution in [2.24, 2.45) is 10.4 Å². The number of nitrogens with one attached hydrogen (secondary N) is 1. The molecule has 0 aromatic heterocycles. The largest absolute Gasteiger partial charge is 0.388 e. The Hall–Kier alpha value is -0.810. The van der Waals surface area contributed by atoms with E-state index in [0.717, 1.165) is 57.9 Å². The highest BCUT2D eigenvalue weighted by Gasteiger charge is 2.40. The normalized spacial score (nSPS) is 28.1. The van der Waals surface area contributed by atoms with Crippen LogP contribution in [-0.4, -0.2) is 61.5 Å². The summed E-state index contributed by atoms with van der Waals surface area (Å²) in [7, 11) is 1.85. The van der Waals surface area contributed by atoms with Crippen molar-refractivity contribution < 1.29 is 9.84 Å². The van der Waals surface area contributed by atoms with Crippen molar-refractivity contribution in [2.75, 3.05) is 39.9 Å². The minimum absolute atomic E-state index is 0.428. The van der Waals surface area contributed by atoms with Crippen LogP contribution < -0.4 is 5.32 Å². The van der Waals surface area contributed by atoms with Crippen LogP contribution in [0.25, 0.3) is 0 Å². The molecule has 5 nitrogen and oxygen atoms in total. The minimum Gasteiger partial charge on any atom is -0.388 e. The number of aliphatic hydroxyl groups is 1. The summed E-state index contributed by atoms with van der Waals surface area (Å²) in [6, 6.07) is 0. The van der Waals surface area contributed by atoms with Crippen molar-refractivity contribution in [3.63, 3.8) is 0 Å². The maximum atomic E-state index is 10.6. The van der Waals surface area contributed by atoms with E-state index < -0.39 is 5.60 Å². The van der Waals surface area contributed by atoms with Gasteiger partial charge in [-0.15, -0.1) is 0 Å². The molecule has 126 valence electrons. The molecule has 3 fully saturated rings. The van der Waals surface area contributed by atoms with Gasteiger partial charge < -0.3 is 20.1 Å². The van der Waals surface area contributed by atoms with E-state index in [4.69, 9.17) is 4.74 Å². The average Bonchev–Trinajstić information content (AvgIpc) is 2.93. The molecule has 0 aromatic carbocycles. The third-order valence-corrected chi connectivity index (χ3v) is 5.86. The Morgan fingerprint density at radius 1 is 1.14 bits per heavy atom. The number of hydrogen-bond donors (Lipinski definition) is 2. The van der Waals surface area contributed by atoms with Crippen LogP contribution in [0, 0.1) is 5.41 Å². The Balaban J connectivity index is 1.54. The molecular formula is C17H31N3O2. The zero-order chi connectivity index (χ0) is 15.5. The Morgan fingerprint density at radius 3 is 2.55 bits per heavy atom. The van der Waals surface area contributed by atoms with Gasteiger partial charge in [0.05, 0.1) is 5.60 Å². The number of guanidine groups is 1. The van der Waals surface area contributed by atoms with E-state index in [1.54, 1.807) is 0 Å². The van der Waals surface area contributed by atoms with Gasteiger partial charge in [-0.3, -0.25) is 4.99 Å². The van der Waals surface area contributed by atoms with Crippen molar-refractivity contribution in [2.45, 2.75) is 57.0 Å². The van der Waals surface area contributed by atoms with Crippen molar-refractivity contribution in [3.8, 4) is 0 Å². The van der Waals surface area contributed by atoms with E-state index in [1.165, 1.54) is 25.7 Å². The Kier molecular flexibility index (Phi) is 4.93. The average molecular weight is 309 g/mol. The Morgan fingerprint density at radius 2 is 1.86 bits per heavy atom. The molecule has 0 atom stereocenters. The standard InChI is InChI=1S/C17H31N3O2/c1-18-15(19-13-17(21)5-3-2-4-6-17)20-10-7-16(14-20)8-11-22-12-9-16/h21H,2-14H2,1H3,(H,18,19). The van der Waals surface area contributed by atoms with Crippen LogP contribution in [0.2, 0.25) is 0 Å². The molecule has 5 heteroatoms. The van der Waals surface area contributed by atoms with Gasteiger partial charge in [-0.05, 0) is 37.5 Å². The van der Waals surface area contributed by atoms with Gasteiger partial charge in [0, 0.05) is 39.9 Å². The van der Waals surface area contributed by atoms with Gasteiger partial charge in [0.2, 0.25) is 0 Å². The van der Waals surface area contributed by atoms with Crippen LogP contribution in [0.3, 0.4) is 0 Å². The highest BCUT2D eigenvalue weighted by atomic mass is 16.5. The summed E-state index contributed by atoms with van der Waals surface area (Å²) in [5.74, 6) is 0.961. The second kappa shape index (κ2) is 6.75. The van der Waals surface area contributed by atoms with Gasteiger partial charge in [0.1, 0.15) is 0 Å². The third kappa shape index (κ3) is 3.57. The molecule has 0 aromatic rings. The molecule has 1 aliphatic carbocycles. The van der Waals surface area contributed by atoms with E-state index in [1.807, 2.05) is 7.05 Å². The van der Waals surface area contributed by atoms with E-state index in [0.29, 0.717) is 12.0 Å². The van der Waals surface area contributed by atoms with E-state index in [9.17, 15) is 5.11 Å². The molecule has 3 aliphatic rings. The zero-order valence-electron chi connectivity index (χ0n) is 13.9. The zero-order valence-corrected chi connectivity index (χ0v) is 13.9. The molecule has 1 spiro atoms. The number of rotatable bonds is 2. The summed E-state index contributed by atoms with van der Waals surface area (Å²) in [6.07, 6.45) is 8.95. The highest BCUT2D eigenvalue weighted by molar-refractivity contribution is 5.80. The molecule has 2 aliphatic heterocycles. The minimum atomic E-state index is -0.537. The lowest BCUT2D eigenvalue weighted by Crippen LogP contribution is -2.49. The smallest absolute Gasteiger partial charge is 0.193 e. The molecule has 22 heavy (non-hydrogen) atoms. The topological polar surface area (TPSA) is 57.1 Å². The maximum absolute atomic E-state index is 10.6. The number of likely N-dealkylation sites (tertiary alicyclic amines) is 1. The first-order chi connectivity index (χ1) is 10.6. The fourth-order valence-electron chi connectivity index (χ4n) is 4.29. The summed E-state index contributed by atoms with van der Waals surface area (Å²) >= 11 is 0. The lowest BCUT2D eigenvalue weighted by atomic mass is 9.80. The van der Waals surface area contributed by atoms with Crippen molar-refractivity contribution in [3.05, 3.63) is 0 Å². The van der Waals surface area contributed by atoms with Gasteiger partial charge in [-0.1, -0.05) is 19.3 Å². The fourth-order valence-corrected chi connectivity index (χ4v) is 4.29. The van der Waals surface area contributed by atoms with Crippen molar-refractivity contribution in [1.82, 2.24) is 10.2 Å². The van der Waals surface area contributed by atoms with Crippen molar-refractivity contribution >= 4 is 5.96 Å². The van der Waals surface area contributed by atoms with Gasteiger partial charge >= 0.3 is 0 Å². The summed E-state index contributed by atoms with van der Waals surface area (Å²) in [4.78, 5) is 6.83. The Bertz CT molecular complexity index is 399. The van der Waals surface area contributed by atoms with Crippen LogP contribution in [-0.2, 0) is 4.74 Å². The summed E-state index contributed by atoms with van der Waals surface area (Å²) in [6.45, 7) is 4.58. The number of aliphatic imine (C=N–C) groups is 1. The first-order valence-corrected chi connectivity index (χ1v) is 8.91. The van der Waals surface area contributed by atoms with Crippen molar-refractivity contribution in [1.29, 1.82) is 0 Å². The lowest BCUT2D eigenvalue weighted by Gasteiger charge is -2.35. The maximum Gasteiger partial charge on any atom is 0.193 e. The lowest BCUT2D eigenvalue weighted by molar-refractivity contribution is 0.00789. The molecule has 0 amide bonds. The molecule has 2 saturated heterocycles. The van der Waals surface area contributed by atoms with E-state index >= 15 is 0 Å². The number of nitrogens with zero attached hydrogens (tertiary/aromatic N) is 2. The van der Waals surface area contributed by atoms with Gasteiger partial charge in [-0.25, -0.2) is 0 Å². The first-order valence-electron chi connectivity index (χ1n) is 8.91. The quantitative estimate of drug-likeness (QED) is 0.603. The predicted octanol–water partition coefficient (Wildman–Crippen LogP) is 1.76. The van der Waals surface area contributed by atoms with Crippen LogP contribution in [0.5, 0.6) is 0 Å². The monoisotopic (exact) mass is 309 g/mol. The van der Waals surface area contributed by atoms with E-state index in [2.05, 4.69) is 15.2 Å². The summed E-state index contributed by atoms with van der Waals surface area (Å²) < 4.78 is 5.52. The molecule has 1 saturated carbocycles. The predicted molar refractivity (Wildman–Crippen MR) is 88.1 cm³/mol. The van der Waals surface area contributed by atoms with Gasteiger partial charge in [0.25, 0.3) is 0 Å². The number of hydrogen-bond acceptors (Lipinski definition) is 3. The van der Waals surface area contributed by atoms with Gasteiger partial charge in [-0.2, -0.15) is 0 Å². The Labute approximate surface area is 134 Å². The second-order valence-corrected chi connectivity index (χ2v) is 7.47. The molecule has 2 heterocycles. The fraction of sp³-hybridized carbons (Fsp3) is 0.941. The molecule has 2 N–H and O–H groups in total. The second-order valence-electron chi connectivity index (χ2n) is 7.47. The summed E-state index contributed by atoms with van der Waals surface area (Å²) in [5.41, 5.74) is -0.109.